The molecule has 0 aromatic heterocycles. The third-order valence-corrected chi connectivity index (χ3v) is 4.36. The Kier molecular flexibility index (Phi) is 6.90. The van der Waals surface area contributed by atoms with Gasteiger partial charge in [0.05, 0.1) is 12.0 Å². The molecule has 21 heavy (non-hydrogen) atoms. The highest BCUT2D eigenvalue weighted by atomic mass is 32.2. The minimum atomic E-state index is -4.42. The average Bonchev–Trinajstić information content (AvgIpc) is 2.38. The molecule has 0 saturated carbocycles. The van der Waals surface area contributed by atoms with E-state index in [2.05, 4.69) is 4.52 Å². The highest BCUT2D eigenvalue weighted by molar-refractivity contribution is 7.99. The topological polar surface area (TPSA) is 93.1 Å². The molecule has 1 rings (SSSR count). The molecule has 1 aromatic carbocycles. The molecule has 118 valence electrons. The molecule has 0 spiro atoms. The summed E-state index contributed by atoms with van der Waals surface area (Å²) in [7, 11) is -4.42. The molecule has 0 radical (unpaired) electrons. The van der Waals surface area contributed by atoms with Crippen LogP contribution in [0.15, 0.2) is 30.3 Å². The third-order valence-electron chi connectivity index (χ3n) is 2.46. The standard InChI is InChI=1S/C13H19O6PS/c1-13(2,10-21-9-8-18-20(15,16)17)12(14)19-11-6-4-3-5-7-11/h3-7H,8-10H2,1-2H3,(H2,15,16,17). The van der Waals surface area contributed by atoms with Crippen LogP contribution in [0.2, 0.25) is 0 Å². The Morgan fingerprint density at radius 3 is 2.48 bits per heavy atom. The Hall–Kier alpha value is -0.850. The van der Waals surface area contributed by atoms with Crippen LogP contribution in [0.3, 0.4) is 0 Å². The molecule has 0 unspecified atom stereocenters. The first-order valence-corrected chi connectivity index (χ1v) is 8.94. The van der Waals surface area contributed by atoms with Crippen LogP contribution < -0.4 is 4.74 Å². The maximum absolute atomic E-state index is 12.1. The lowest BCUT2D eigenvalue weighted by molar-refractivity contribution is -0.142. The second-order valence-electron chi connectivity index (χ2n) is 4.96. The predicted molar refractivity (Wildman–Crippen MR) is 81.2 cm³/mol. The van der Waals surface area contributed by atoms with Crippen LogP contribution in [0.1, 0.15) is 13.8 Å². The Morgan fingerprint density at radius 2 is 1.90 bits per heavy atom. The summed E-state index contributed by atoms with van der Waals surface area (Å²) < 4.78 is 20.1. The van der Waals surface area contributed by atoms with Crippen LogP contribution >= 0.6 is 19.6 Å². The molecule has 0 atom stereocenters. The predicted octanol–water partition coefficient (Wildman–Crippen LogP) is 2.46. The van der Waals surface area contributed by atoms with E-state index in [1.165, 1.54) is 11.8 Å². The first-order valence-electron chi connectivity index (χ1n) is 6.26. The van der Waals surface area contributed by atoms with Crippen LogP contribution in [-0.2, 0) is 13.9 Å². The van der Waals surface area contributed by atoms with E-state index in [1.807, 2.05) is 6.07 Å². The normalized spacial score (nSPS) is 12.2. The van der Waals surface area contributed by atoms with Crippen molar-refractivity contribution in [1.29, 1.82) is 0 Å². The second kappa shape index (κ2) is 7.96. The fourth-order valence-electron chi connectivity index (χ4n) is 1.34. The van der Waals surface area contributed by atoms with Crippen molar-refractivity contribution in [2.75, 3.05) is 18.1 Å². The molecule has 0 aliphatic carbocycles. The van der Waals surface area contributed by atoms with Gasteiger partial charge in [0.2, 0.25) is 0 Å². The lowest BCUT2D eigenvalue weighted by atomic mass is 9.97. The zero-order valence-electron chi connectivity index (χ0n) is 11.9. The van der Waals surface area contributed by atoms with Gasteiger partial charge in [-0.05, 0) is 26.0 Å². The lowest BCUT2D eigenvalue weighted by Crippen LogP contribution is -2.31. The number of benzene rings is 1. The van der Waals surface area contributed by atoms with Gasteiger partial charge in [0.25, 0.3) is 0 Å². The molecule has 1 aromatic rings. The maximum atomic E-state index is 12.1. The molecule has 6 nitrogen and oxygen atoms in total. The average molecular weight is 334 g/mol. The van der Waals surface area contributed by atoms with E-state index < -0.39 is 13.2 Å². The number of para-hydroxylation sites is 1. The zero-order valence-corrected chi connectivity index (χ0v) is 13.6. The van der Waals surface area contributed by atoms with Gasteiger partial charge in [0.15, 0.2) is 0 Å². The van der Waals surface area contributed by atoms with Gasteiger partial charge in [-0.1, -0.05) is 18.2 Å². The number of phosphoric acid groups is 1. The Morgan fingerprint density at radius 1 is 1.29 bits per heavy atom. The van der Waals surface area contributed by atoms with Gasteiger partial charge in [-0.15, -0.1) is 0 Å². The molecular formula is C13H19O6PS. The molecule has 0 aliphatic heterocycles. The maximum Gasteiger partial charge on any atom is 0.469 e. The van der Waals surface area contributed by atoms with Gasteiger partial charge in [-0.25, -0.2) is 4.57 Å². The first-order chi connectivity index (χ1) is 9.71. The summed E-state index contributed by atoms with van der Waals surface area (Å²) in [5.74, 6) is 0.985. The SMILES string of the molecule is CC(C)(CSCCOP(=O)(O)O)C(=O)Oc1ccccc1. The number of hydrogen-bond acceptors (Lipinski definition) is 5. The summed E-state index contributed by atoms with van der Waals surface area (Å²) in [6.07, 6.45) is 0. The number of carbonyl (C=O) groups excluding carboxylic acids is 1. The molecular weight excluding hydrogens is 315 g/mol. The fraction of sp³-hybridized carbons (Fsp3) is 0.462. The molecule has 0 fully saturated rings. The Labute approximate surface area is 128 Å². The van der Waals surface area contributed by atoms with Crippen LogP contribution in [-0.4, -0.2) is 33.9 Å². The van der Waals surface area contributed by atoms with Crippen molar-refractivity contribution in [3.05, 3.63) is 30.3 Å². The third kappa shape index (κ3) is 7.64. The number of hydrogen-bond donors (Lipinski definition) is 2. The number of rotatable bonds is 8. The minimum absolute atomic E-state index is 0.0707. The van der Waals surface area contributed by atoms with E-state index in [9.17, 15) is 9.36 Å². The number of thioether (sulfide) groups is 1. The Bertz CT molecular complexity index is 499. The van der Waals surface area contributed by atoms with Crippen molar-refractivity contribution in [3.8, 4) is 5.75 Å². The van der Waals surface area contributed by atoms with E-state index in [4.69, 9.17) is 14.5 Å². The summed E-state index contributed by atoms with van der Waals surface area (Å²) in [6.45, 7) is 3.45. The van der Waals surface area contributed by atoms with Gasteiger partial charge in [0.1, 0.15) is 5.75 Å². The zero-order chi connectivity index (χ0) is 15.9. The van der Waals surface area contributed by atoms with E-state index in [1.54, 1.807) is 38.1 Å². The summed E-state index contributed by atoms with van der Waals surface area (Å²) in [4.78, 5) is 29.1. The molecule has 0 aliphatic rings. The van der Waals surface area contributed by atoms with Crippen molar-refractivity contribution >= 4 is 25.6 Å². The molecule has 0 bridgehead atoms. The van der Waals surface area contributed by atoms with Crippen molar-refractivity contribution in [3.63, 3.8) is 0 Å². The largest absolute Gasteiger partial charge is 0.469 e. The van der Waals surface area contributed by atoms with Crippen molar-refractivity contribution in [2.45, 2.75) is 13.8 Å². The van der Waals surface area contributed by atoms with Gasteiger partial charge < -0.3 is 14.5 Å². The van der Waals surface area contributed by atoms with E-state index in [-0.39, 0.29) is 12.6 Å². The van der Waals surface area contributed by atoms with E-state index in [0.29, 0.717) is 17.3 Å². The molecule has 0 saturated heterocycles. The van der Waals surface area contributed by atoms with Crippen molar-refractivity contribution in [2.24, 2.45) is 5.41 Å². The van der Waals surface area contributed by atoms with Gasteiger partial charge in [-0.2, -0.15) is 11.8 Å². The van der Waals surface area contributed by atoms with Crippen LogP contribution in [0.4, 0.5) is 0 Å². The summed E-state index contributed by atoms with van der Waals surface area (Å²) >= 11 is 1.37. The highest BCUT2D eigenvalue weighted by Gasteiger charge is 2.29. The van der Waals surface area contributed by atoms with E-state index in [0.717, 1.165) is 0 Å². The van der Waals surface area contributed by atoms with Gasteiger partial charge >= 0.3 is 13.8 Å². The fourth-order valence-corrected chi connectivity index (χ4v) is 2.76. The van der Waals surface area contributed by atoms with Gasteiger partial charge in [-0.3, -0.25) is 9.32 Å². The molecule has 0 heterocycles. The van der Waals surface area contributed by atoms with Crippen LogP contribution in [0.5, 0.6) is 5.75 Å². The number of phosphoric ester groups is 1. The summed E-state index contributed by atoms with van der Waals surface area (Å²) in [5.41, 5.74) is -0.706. The summed E-state index contributed by atoms with van der Waals surface area (Å²) in [5, 5.41) is 0. The second-order valence-corrected chi connectivity index (χ2v) is 7.31. The smallest absolute Gasteiger partial charge is 0.426 e. The van der Waals surface area contributed by atoms with Crippen LogP contribution in [0.25, 0.3) is 0 Å². The molecule has 8 heteroatoms. The summed E-state index contributed by atoms with van der Waals surface area (Å²) in [6, 6.07) is 8.80. The quantitative estimate of drug-likeness (QED) is 0.326. The van der Waals surface area contributed by atoms with E-state index >= 15 is 0 Å². The number of carbonyl (C=O) groups is 1. The lowest BCUT2D eigenvalue weighted by Gasteiger charge is -2.21. The minimum Gasteiger partial charge on any atom is -0.426 e. The first kappa shape index (κ1) is 18.2. The number of esters is 1. The number of ether oxygens (including phenoxy) is 1. The Balaban J connectivity index is 2.35. The molecule has 0 amide bonds. The van der Waals surface area contributed by atoms with Gasteiger partial charge in [0, 0.05) is 11.5 Å². The van der Waals surface area contributed by atoms with Crippen molar-refractivity contribution in [1.82, 2.24) is 0 Å². The monoisotopic (exact) mass is 334 g/mol. The van der Waals surface area contributed by atoms with Crippen LogP contribution in [0, 0.1) is 5.41 Å². The highest BCUT2D eigenvalue weighted by Crippen LogP contribution is 2.35. The van der Waals surface area contributed by atoms with Crippen molar-refractivity contribution < 1.29 is 28.4 Å². The molecule has 2 N–H and O–H groups in total.